The summed E-state index contributed by atoms with van der Waals surface area (Å²) in [5.74, 6) is 0. The molecule has 0 bridgehead atoms. The van der Waals surface area contributed by atoms with Crippen molar-refractivity contribution in [2.45, 2.75) is 12.8 Å². The molecule has 238 valence electrons. The molecule has 7 heterocycles. The SMILES string of the molecule is C1=CCC=C1.C1=CCN=C1.C1=CN=CC1.C1=CN=NC1.c1ccccc1.c1ccoc1.c1ccsc1.c1cocn1.c1cscn1. The van der Waals surface area contributed by atoms with Crippen molar-refractivity contribution in [2.24, 2.45) is 20.2 Å². The summed E-state index contributed by atoms with van der Waals surface area (Å²) in [5, 5.41) is 13.1. The lowest BCUT2D eigenvalue weighted by Gasteiger charge is -1.69. The number of thiophene rings is 1. The van der Waals surface area contributed by atoms with Gasteiger partial charge < -0.3 is 8.83 Å². The molecule has 0 N–H and O–H groups in total. The molecule has 0 fully saturated rings. The highest BCUT2D eigenvalue weighted by Gasteiger charge is 1.75. The van der Waals surface area contributed by atoms with Crippen LogP contribution in [0, 0.1) is 0 Å². The van der Waals surface area contributed by atoms with Gasteiger partial charge >= 0.3 is 0 Å². The van der Waals surface area contributed by atoms with Gasteiger partial charge in [0.25, 0.3) is 0 Å². The lowest BCUT2D eigenvalue weighted by molar-refractivity contribution is 0.558. The Hall–Kier alpha value is -5.32. The van der Waals surface area contributed by atoms with Crippen molar-refractivity contribution >= 4 is 35.1 Å². The number of thiazole rings is 1. The van der Waals surface area contributed by atoms with Crippen LogP contribution in [0.5, 0.6) is 0 Å². The van der Waals surface area contributed by atoms with E-state index < -0.39 is 0 Å². The van der Waals surface area contributed by atoms with Crippen molar-refractivity contribution in [3.63, 3.8) is 0 Å². The predicted octanol–water partition coefficient (Wildman–Crippen LogP) is 10.6. The average molecular weight is 653 g/mol. The lowest BCUT2D eigenvalue weighted by Crippen LogP contribution is -1.54. The highest BCUT2D eigenvalue weighted by Crippen LogP contribution is 1.93. The molecule has 1 aromatic carbocycles. The molecule has 0 saturated carbocycles. The minimum Gasteiger partial charge on any atom is -0.473 e. The zero-order valence-electron chi connectivity index (χ0n) is 25.6. The van der Waals surface area contributed by atoms with Crippen LogP contribution < -0.4 is 0 Å². The minimum absolute atomic E-state index is 0.778. The van der Waals surface area contributed by atoms with Gasteiger partial charge in [0.15, 0.2) is 6.39 Å². The zero-order valence-corrected chi connectivity index (χ0v) is 27.3. The number of azo groups is 1. The number of aromatic nitrogens is 2. The number of benzene rings is 1. The monoisotopic (exact) mass is 652 g/mol. The van der Waals surface area contributed by atoms with Crippen LogP contribution in [0.1, 0.15) is 12.8 Å². The van der Waals surface area contributed by atoms with E-state index in [9.17, 15) is 0 Å². The van der Waals surface area contributed by atoms with Crippen molar-refractivity contribution in [1.82, 2.24) is 9.97 Å². The van der Waals surface area contributed by atoms with E-state index in [4.69, 9.17) is 0 Å². The van der Waals surface area contributed by atoms with Gasteiger partial charge in [-0.05, 0) is 41.5 Å². The Morgan fingerprint density at radius 1 is 0.543 bits per heavy atom. The molecule has 8 nitrogen and oxygen atoms in total. The second-order valence-electron chi connectivity index (χ2n) is 7.90. The zero-order chi connectivity index (χ0) is 32.5. The van der Waals surface area contributed by atoms with Gasteiger partial charge in [0, 0.05) is 42.8 Å². The fraction of sp³-hybridized carbons (Fsp3) is 0.111. The van der Waals surface area contributed by atoms with Crippen molar-refractivity contribution < 1.29 is 8.83 Å². The van der Waals surface area contributed by atoms with Crippen molar-refractivity contribution in [2.75, 3.05) is 13.1 Å². The van der Waals surface area contributed by atoms with E-state index in [1.54, 1.807) is 71.7 Å². The average Bonchev–Trinajstić information content (AvgIpc) is 3.99. The largest absolute Gasteiger partial charge is 0.473 e. The summed E-state index contributed by atoms with van der Waals surface area (Å²) >= 11 is 3.31. The van der Waals surface area contributed by atoms with E-state index in [0.717, 1.165) is 25.9 Å². The standard InChI is InChI=1S/C6H6.C5H6.2C4H5N.C4H4O.C4H4S.C3H4N2.C3H3NO.C3H3NS/c1-2-4-6-5-3-1;6*1-2-4-5-3-1;2*1-2-5-3-4-1/h1-6H;1-4H,5H2;1,3-4H,2H2;1-3H,4H2;2*1-4H;1-2H,3H2;2*1-3H. The quantitative estimate of drug-likeness (QED) is 0.166. The summed E-state index contributed by atoms with van der Waals surface area (Å²) < 4.78 is 9.06. The summed E-state index contributed by atoms with van der Waals surface area (Å²) in [6.07, 6.45) is 35.1. The van der Waals surface area contributed by atoms with E-state index >= 15 is 0 Å². The van der Waals surface area contributed by atoms with E-state index in [1.165, 1.54) is 12.7 Å². The maximum absolute atomic E-state index is 4.58. The van der Waals surface area contributed by atoms with E-state index in [2.05, 4.69) is 63.3 Å². The second-order valence-corrected chi connectivity index (χ2v) is 9.47. The number of oxazole rings is 1. The fourth-order valence-corrected chi connectivity index (χ4v) is 3.23. The topological polar surface area (TPSA) is 102 Å². The molecule has 0 unspecified atom stereocenters. The van der Waals surface area contributed by atoms with Crippen LogP contribution in [0.25, 0.3) is 0 Å². The van der Waals surface area contributed by atoms with Crippen LogP contribution in [0.2, 0.25) is 0 Å². The number of nitrogens with zero attached hydrogens (tertiary/aromatic N) is 6. The third-order valence-corrected chi connectivity index (χ3v) is 5.54. The number of aliphatic imine (C=N–C) groups is 2. The third-order valence-electron chi connectivity index (χ3n) is 4.38. The second kappa shape index (κ2) is 35.9. The number of rotatable bonds is 0. The maximum atomic E-state index is 4.58. The Labute approximate surface area is 280 Å². The molecule has 0 amide bonds. The Morgan fingerprint density at radius 3 is 1.50 bits per heavy atom. The summed E-state index contributed by atoms with van der Waals surface area (Å²) in [7, 11) is 0. The first-order chi connectivity index (χ1) is 23.0. The van der Waals surface area contributed by atoms with Gasteiger partial charge in [0.05, 0.1) is 37.3 Å². The molecule has 10 heteroatoms. The van der Waals surface area contributed by atoms with Gasteiger partial charge in [-0.1, -0.05) is 85.0 Å². The Bertz CT molecular complexity index is 1100. The van der Waals surface area contributed by atoms with Gasteiger partial charge in [-0.2, -0.15) is 21.6 Å². The van der Waals surface area contributed by atoms with Crippen LogP contribution in [-0.2, 0) is 0 Å². The molecule has 46 heavy (non-hydrogen) atoms. The van der Waals surface area contributed by atoms with Crippen LogP contribution in [0.15, 0.2) is 210 Å². The van der Waals surface area contributed by atoms with Gasteiger partial charge in [-0.15, -0.1) is 11.3 Å². The summed E-state index contributed by atoms with van der Waals surface area (Å²) in [6.45, 7) is 1.67. The smallest absolute Gasteiger partial charge is 0.180 e. The molecule has 0 spiro atoms. The number of furan rings is 1. The summed E-state index contributed by atoms with van der Waals surface area (Å²) in [6, 6.07) is 19.7. The van der Waals surface area contributed by atoms with Crippen LogP contribution >= 0.6 is 22.7 Å². The van der Waals surface area contributed by atoms with Gasteiger partial charge in [0.2, 0.25) is 0 Å². The maximum Gasteiger partial charge on any atom is 0.180 e. The first-order valence-corrected chi connectivity index (χ1v) is 16.1. The first kappa shape index (κ1) is 38.7. The normalized spacial score (nSPS) is 12.2. The fourth-order valence-electron chi connectivity index (χ4n) is 2.43. The van der Waals surface area contributed by atoms with Gasteiger partial charge in [-0.3, -0.25) is 15.0 Å². The van der Waals surface area contributed by atoms with Crippen molar-refractivity contribution in [3.05, 3.63) is 181 Å². The summed E-state index contributed by atoms with van der Waals surface area (Å²) in [5.41, 5.74) is 1.79. The molecule has 5 aromatic rings. The molecule has 0 atom stereocenters. The van der Waals surface area contributed by atoms with Gasteiger partial charge in [0.1, 0.15) is 6.26 Å². The molecular formula is C36H40N6O2S2. The first-order valence-electron chi connectivity index (χ1n) is 14.2. The Morgan fingerprint density at radius 2 is 1.30 bits per heavy atom. The van der Waals surface area contributed by atoms with E-state index in [-0.39, 0.29) is 0 Å². The van der Waals surface area contributed by atoms with E-state index in [1.807, 2.05) is 107 Å². The molecule has 4 aromatic heterocycles. The lowest BCUT2D eigenvalue weighted by atomic mass is 10.4. The Kier molecular flexibility index (Phi) is 30.2. The van der Waals surface area contributed by atoms with Crippen molar-refractivity contribution in [3.8, 4) is 0 Å². The molecule has 4 aliphatic rings. The molecule has 9 rings (SSSR count). The van der Waals surface area contributed by atoms with Crippen LogP contribution in [0.4, 0.5) is 0 Å². The molecule has 3 aliphatic heterocycles. The molecule has 0 saturated heterocycles. The van der Waals surface area contributed by atoms with Crippen LogP contribution in [0.3, 0.4) is 0 Å². The van der Waals surface area contributed by atoms with E-state index in [0.29, 0.717) is 0 Å². The highest BCUT2D eigenvalue weighted by atomic mass is 32.1. The predicted molar refractivity (Wildman–Crippen MR) is 195 cm³/mol. The van der Waals surface area contributed by atoms with Crippen molar-refractivity contribution in [1.29, 1.82) is 0 Å². The molecular weight excluding hydrogens is 613 g/mol. The molecule has 1 aliphatic carbocycles. The number of allylic oxidation sites excluding steroid dienone is 6. The number of hydrogen-bond donors (Lipinski definition) is 0. The minimum atomic E-state index is 0.778. The van der Waals surface area contributed by atoms with Gasteiger partial charge in [-0.25, -0.2) is 4.98 Å². The van der Waals surface area contributed by atoms with Crippen LogP contribution in [-0.4, -0.2) is 35.5 Å². The third kappa shape index (κ3) is 33.2. The number of hydrogen-bond acceptors (Lipinski definition) is 10. The summed E-state index contributed by atoms with van der Waals surface area (Å²) in [4.78, 5) is 14.9. The Balaban J connectivity index is 0.000000259. The highest BCUT2D eigenvalue weighted by molar-refractivity contribution is 7.07. The molecule has 0 radical (unpaired) electrons.